The molecule has 6 rings (SSSR count). The number of benzene rings is 2. The van der Waals surface area contributed by atoms with Gasteiger partial charge in [0.05, 0.1) is 33.5 Å². The van der Waals surface area contributed by atoms with Crippen LogP contribution in [0.25, 0.3) is 10.9 Å². The van der Waals surface area contributed by atoms with Crippen molar-refractivity contribution in [3.8, 4) is 6.07 Å². The lowest BCUT2D eigenvalue weighted by molar-refractivity contribution is 0.0570. The van der Waals surface area contributed by atoms with Crippen molar-refractivity contribution in [3.63, 3.8) is 0 Å². The van der Waals surface area contributed by atoms with Crippen LogP contribution in [0.1, 0.15) is 70.0 Å². The maximum atomic E-state index is 9.94. The van der Waals surface area contributed by atoms with Crippen LogP contribution in [0.4, 0.5) is 11.4 Å². The molecule has 1 atom stereocenters. The van der Waals surface area contributed by atoms with Gasteiger partial charge in [-0.05, 0) is 64.2 Å². The smallest absolute Gasteiger partial charge is 0.103 e. The lowest BCUT2D eigenvalue weighted by atomic mass is 9.98. The summed E-state index contributed by atoms with van der Waals surface area (Å²) in [4.78, 5) is 7.12. The summed E-state index contributed by atoms with van der Waals surface area (Å²) < 4.78 is 0. The van der Waals surface area contributed by atoms with E-state index >= 15 is 0 Å². The van der Waals surface area contributed by atoms with Gasteiger partial charge in [-0.3, -0.25) is 14.9 Å². The predicted molar refractivity (Wildman–Crippen MR) is 174 cm³/mol. The van der Waals surface area contributed by atoms with Crippen molar-refractivity contribution in [1.82, 2.24) is 30.9 Å². The number of nitrogens with zero attached hydrogens (tertiary/aromatic N) is 5. The summed E-state index contributed by atoms with van der Waals surface area (Å²) in [6.07, 6.45) is 9.50. The Kier molecular flexibility index (Phi) is 8.64. The Morgan fingerprint density at radius 2 is 1.79 bits per heavy atom. The molecule has 43 heavy (non-hydrogen) atoms. The van der Waals surface area contributed by atoms with Crippen LogP contribution in [-0.4, -0.2) is 57.7 Å². The fraction of sp³-hybridized carbons (Fsp3) is 0.455. The van der Waals surface area contributed by atoms with Crippen molar-refractivity contribution in [3.05, 3.63) is 76.7 Å². The molecule has 226 valence electrons. The van der Waals surface area contributed by atoms with E-state index in [0.29, 0.717) is 22.1 Å². The minimum Gasteiger partial charge on any atom is -0.373 e. The van der Waals surface area contributed by atoms with Crippen LogP contribution < -0.4 is 21.7 Å². The van der Waals surface area contributed by atoms with Gasteiger partial charge in [0.15, 0.2) is 0 Å². The molecule has 0 spiro atoms. The number of anilines is 2. The summed E-state index contributed by atoms with van der Waals surface area (Å²) in [7, 11) is 0. The fourth-order valence-corrected chi connectivity index (χ4v) is 6.63. The van der Waals surface area contributed by atoms with Crippen LogP contribution in [0.5, 0.6) is 0 Å². The van der Waals surface area contributed by atoms with Crippen LogP contribution in [0.2, 0.25) is 5.02 Å². The number of fused-ring (bicyclic) bond motifs is 1. The summed E-state index contributed by atoms with van der Waals surface area (Å²) in [5, 5.41) is 19.5. The average molecular weight is 600 g/mol. The van der Waals surface area contributed by atoms with Crippen molar-refractivity contribution in [1.29, 1.82) is 5.26 Å². The molecular formula is C33H42ClN9. The number of nitriles is 1. The molecular weight excluding hydrogens is 558 g/mol. The Morgan fingerprint density at radius 3 is 2.49 bits per heavy atom. The number of rotatable bonds is 7. The number of likely N-dealkylation sites (tertiary alicyclic amines) is 1. The number of hydrogen-bond donors (Lipinski definition) is 4. The highest BCUT2D eigenvalue weighted by atomic mass is 35.5. The molecule has 3 aromatic rings. The summed E-state index contributed by atoms with van der Waals surface area (Å²) in [6, 6.07) is 17.0. The van der Waals surface area contributed by atoms with E-state index in [9.17, 15) is 5.26 Å². The minimum absolute atomic E-state index is 0.160. The normalized spacial score (nSPS) is 19.5. The summed E-state index contributed by atoms with van der Waals surface area (Å²) >= 11 is 6.85. The average Bonchev–Trinajstić information content (AvgIpc) is 3.51. The number of halogens is 1. The third kappa shape index (κ3) is 6.53. The molecule has 0 amide bonds. The molecule has 2 fully saturated rings. The van der Waals surface area contributed by atoms with Crippen LogP contribution in [0.3, 0.4) is 0 Å². The monoisotopic (exact) mass is 599 g/mol. The maximum absolute atomic E-state index is 9.94. The van der Waals surface area contributed by atoms with Gasteiger partial charge in [-0.15, -0.1) is 5.53 Å². The van der Waals surface area contributed by atoms with Gasteiger partial charge in [-0.25, -0.2) is 5.01 Å². The summed E-state index contributed by atoms with van der Waals surface area (Å²) in [5.74, 6) is 0. The van der Waals surface area contributed by atoms with Crippen molar-refractivity contribution in [2.75, 3.05) is 36.9 Å². The number of aromatic nitrogens is 1. The fourth-order valence-electron chi connectivity index (χ4n) is 6.37. The third-order valence-electron chi connectivity index (χ3n) is 8.84. The van der Waals surface area contributed by atoms with Gasteiger partial charge in [0.2, 0.25) is 0 Å². The second kappa shape index (κ2) is 12.6. The predicted octanol–water partition coefficient (Wildman–Crippen LogP) is 6.15. The van der Waals surface area contributed by atoms with Gasteiger partial charge in [0.25, 0.3) is 0 Å². The zero-order valence-electron chi connectivity index (χ0n) is 25.3. The van der Waals surface area contributed by atoms with Crippen LogP contribution in [-0.2, 0) is 0 Å². The Labute approximate surface area is 259 Å². The van der Waals surface area contributed by atoms with Crippen molar-refractivity contribution < 1.29 is 0 Å². The number of hydrazine groups is 3. The number of nitrogens with one attached hydrogen (secondary N) is 4. The molecule has 10 heteroatoms. The highest BCUT2D eigenvalue weighted by Gasteiger charge is 2.32. The molecule has 3 aliphatic rings. The zero-order valence-corrected chi connectivity index (χ0v) is 26.1. The van der Waals surface area contributed by atoms with E-state index < -0.39 is 0 Å². The highest BCUT2D eigenvalue weighted by molar-refractivity contribution is 6.35. The standard InChI is InChI=1S/C33H42ClN9/c1-33(2,3)41-16-12-26(13-17-41)43-22-29(38-40-43)31(23-10-6-4-7-11-23)37-25-18-27-30(39-42-14-8-5-9-15-42)24(20-35)21-36-32(27)28(34)19-25/h4,6-7,10-11,18-19,21-22,26,31,37-38,40H,5,8-9,12-17H2,1-3H3,(H,36,39)/t31-/m0/s1. The van der Waals surface area contributed by atoms with E-state index in [4.69, 9.17) is 11.6 Å². The van der Waals surface area contributed by atoms with Crippen molar-refractivity contribution in [2.24, 2.45) is 0 Å². The van der Waals surface area contributed by atoms with Crippen LogP contribution in [0, 0.1) is 11.3 Å². The van der Waals surface area contributed by atoms with Crippen molar-refractivity contribution >= 4 is 33.9 Å². The Bertz CT molecular complexity index is 1500. The van der Waals surface area contributed by atoms with E-state index in [-0.39, 0.29) is 11.6 Å². The second-order valence-electron chi connectivity index (χ2n) is 12.8. The highest BCUT2D eigenvalue weighted by Crippen LogP contribution is 2.36. The molecule has 0 saturated carbocycles. The molecule has 0 radical (unpaired) electrons. The molecule has 0 bridgehead atoms. The molecule has 0 aliphatic carbocycles. The topological polar surface area (TPSA) is 94.5 Å². The molecule has 4 heterocycles. The molecule has 2 aromatic carbocycles. The van der Waals surface area contributed by atoms with Gasteiger partial charge in [0.1, 0.15) is 6.07 Å². The molecule has 9 nitrogen and oxygen atoms in total. The van der Waals surface area contributed by atoms with E-state index in [2.05, 4.69) is 105 Å². The SMILES string of the molecule is CC(C)(C)N1CCC(N2C=C([C@@H](Nc3cc(Cl)c4ncc(C#N)c(NN5CCCCC5)c4c3)c3ccccc3)NN2)CC1. The van der Waals surface area contributed by atoms with Gasteiger partial charge in [-0.2, -0.15) is 5.26 Å². The lowest BCUT2D eigenvalue weighted by Gasteiger charge is -2.42. The van der Waals surface area contributed by atoms with Crippen LogP contribution in [0.15, 0.2) is 60.6 Å². The largest absolute Gasteiger partial charge is 0.373 e. The van der Waals surface area contributed by atoms with Gasteiger partial charge < -0.3 is 16.2 Å². The first kappa shape index (κ1) is 29.5. The minimum atomic E-state index is -0.160. The first-order chi connectivity index (χ1) is 20.8. The van der Waals surface area contributed by atoms with Gasteiger partial charge in [-0.1, -0.05) is 48.4 Å². The van der Waals surface area contributed by atoms with E-state index in [1.54, 1.807) is 6.20 Å². The first-order valence-corrected chi connectivity index (χ1v) is 15.8. The molecule has 4 N–H and O–H groups in total. The Morgan fingerprint density at radius 1 is 1.05 bits per heavy atom. The molecule has 2 saturated heterocycles. The molecule has 0 unspecified atom stereocenters. The number of pyridine rings is 1. The maximum Gasteiger partial charge on any atom is 0.103 e. The van der Waals surface area contributed by atoms with Crippen molar-refractivity contribution in [2.45, 2.75) is 70.5 Å². The summed E-state index contributed by atoms with van der Waals surface area (Å²) in [6.45, 7) is 10.9. The van der Waals surface area contributed by atoms with E-state index in [1.807, 2.05) is 12.1 Å². The Balaban J connectivity index is 1.30. The lowest BCUT2D eigenvalue weighted by Crippen LogP contribution is -2.52. The third-order valence-corrected chi connectivity index (χ3v) is 9.13. The second-order valence-corrected chi connectivity index (χ2v) is 13.2. The van der Waals surface area contributed by atoms with Gasteiger partial charge >= 0.3 is 0 Å². The van der Waals surface area contributed by atoms with Crippen LogP contribution >= 0.6 is 11.6 Å². The molecule has 1 aromatic heterocycles. The number of piperidine rings is 2. The Hall–Kier alpha value is -3.55. The summed E-state index contributed by atoms with van der Waals surface area (Å²) in [5.41, 5.74) is 15.5. The van der Waals surface area contributed by atoms with E-state index in [1.165, 1.54) is 6.42 Å². The molecule has 3 aliphatic heterocycles. The quantitative estimate of drug-likeness (QED) is 0.255. The van der Waals surface area contributed by atoms with E-state index in [0.717, 1.165) is 79.9 Å². The zero-order chi connectivity index (χ0) is 30.0. The first-order valence-electron chi connectivity index (χ1n) is 15.4. The number of hydrogen-bond acceptors (Lipinski definition) is 9. The van der Waals surface area contributed by atoms with Gasteiger partial charge in [0, 0.05) is 61.2 Å².